The number of methoxy groups -OCH3 is 1. The molecular formula is C19H24N2O3S. The van der Waals surface area contributed by atoms with Crippen LogP contribution in [0.5, 0.6) is 5.75 Å². The van der Waals surface area contributed by atoms with Gasteiger partial charge >= 0.3 is 0 Å². The topological polar surface area (TPSA) is 53.3 Å². The zero-order chi connectivity index (χ0) is 17.8. The maximum absolute atomic E-state index is 12.6. The summed E-state index contributed by atoms with van der Waals surface area (Å²) in [4.78, 5) is 17.2. The molecule has 1 atom stereocenters. The summed E-state index contributed by atoms with van der Waals surface area (Å²) in [5, 5.41) is 0.883. The second kappa shape index (κ2) is 8.06. The number of hydrogen-bond donors (Lipinski definition) is 0. The quantitative estimate of drug-likeness (QED) is 0.557. The molecule has 6 heteroatoms. The molecule has 1 aromatic carbocycles. The van der Waals surface area contributed by atoms with Gasteiger partial charge < -0.3 is 14.0 Å². The molecule has 0 amide bonds. The molecule has 0 unspecified atom stereocenters. The Morgan fingerprint density at radius 3 is 2.92 bits per heavy atom. The zero-order valence-corrected chi connectivity index (χ0v) is 15.8. The number of nitrogens with zero attached hydrogens (tertiary/aromatic N) is 2. The molecule has 2 aromatic rings. The van der Waals surface area contributed by atoms with Gasteiger partial charge in [-0.1, -0.05) is 23.9 Å². The normalized spacial score (nSPS) is 17.0. The highest BCUT2D eigenvalue weighted by molar-refractivity contribution is 7.99. The minimum atomic E-state index is 0.0458. The summed E-state index contributed by atoms with van der Waals surface area (Å²) >= 11 is 1.48. The van der Waals surface area contributed by atoms with Gasteiger partial charge in [0, 0.05) is 12.3 Å². The van der Waals surface area contributed by atoms with Crippen LogP contribution in [0.25, 0.3) is 0 Å². The number of thioether (sulfide) groups is 1. The maximum atomic E-state index is 12.6. The van der Waals surface area contributed by atoms with E-state index in [0.717, 1.165) is 42.5 Å². The zero-order valence-electron chi connectivity index (χ0n) is 14.9. The largest absolute Gasteiger partial charge is 0.496 e. The molecule has 1 aliphatic heterocycles. The van der Waals surface area contributed by atoms with Crippen molar-refractivity contribution in [2.75, 3.05) is 19.5 Å². The Morgan fingerprint density at radius 1 is 1.40 bits per heavy atom. The summed E-state index contributed by atoms with van der Waals surface area (Å²) in [6, 6.07) is 7.33. The van der Waals surface area contributed by atoms with Crippen LogP contribution in [0.4, 0.5) is 0 Å². The van der Waals surface area contributed by atoms with E-state index in [0.29, 0.717) is 17.1 Å². The lowest BCUT2D eigenvalue weighted by Gasteiger charge is -2.14. The van der Waals surface area contributed by atoms with E-state index < -0.39 is 0 Å². The van der Waals surface area contributed by atoms with Gasteiger partial charge in [0.05, 0.1) is 36.8 Å². The molecule has 2 heterocycles. The van der Waals surface area contributed by atoms with Crippen LogP contribution in [0.15, 0.2) is 29.4 Å². The van der Waals surface area contributed by atoms with Crippen molar-refractivity contribution in [3.8, 4) is 5.75 Å². The lowest BCUT2D eigenvalue weighted by Crippen LogP contribution is -2.17. The van der Waals surface area contributed by atoms with E-state index in [4.69, 9.17) is 9.47 Å². The van der Waals surface area contributed by atoms with Crippen LogP contribution < -0.4 is 4.74 Å². The number of ether oxygens (including phenoxy) is 2. The molecule has 0 N–H and O–H groups in total. The molecule has 1 fully saturated rings. The predicted molar refractivity (Wildman–Crippen MR) is 98.7 cm³/mol. The van der Waals surface area contributed by atoms with E-state index in [2.05, 4.69) is 16.5 Å². The maximum Gasteiger partial charge on any atom is 0.176 e. The Kier molecular flexibility index (Phi) is 5.81. The van der Waals surface area contributed by atoms with Crippen molar-refractivity contribution >= 4 is 17.5 Å². The Bertz CT molecular complexity index is 751. The molecule has 1 aromatic heterocycles. The fourth-order valence-electron chi connectivity index (χ4n) is 3.02. The highest BCUT2D eigenvalue weighted by atomic mass is 32.2. The summed E-state index contributed by atoms with van der Waals surface area (Å²) in [5.41, 5.74) is 2.76. The number of benzene rings is 1. The van der Waals surface area contributed by atoms with Crippen LogP contribution in [0.2, 0.25) is 0 Å². The first kappa shape index (κ1) is 18.0. The van der Waals surface area contributed by atoms with Gasteiger partial charge in [-0.15, -0.1) is 0 Å². The number of aromatic nitrogens is 2. The SMILES string of the molecule is COc1ccccc1C(=O)CSc1nc(C)c(C)n1C[C@H]1CCCO1. The van der Waals surface area contributed by atoms with E-state index in [1.165, 1.54) is 11.8 Å². The fourth-order valence-corrected chi connectivity index (χ4v) is 4.01. The first-order chi connectivity index (χ1) is 12.1. The molecule has 134 valence electrons. The third-order valence-corrected chi connectivity index (χ3v) is 5.55. The molecule has 1 aliphatic rings. The molecule has 0 spiro atoms. The van der Waals surface area contributed by atoms with Crippen molar-refractivity contribution < 1.29 is 14.3 Å². The lowest BCUT2D eigenvalue weighted by atomic mass is 10.1. The summed E-state index contributed by atoms with van der Waals surface area (Å²) in [5.74, 6) is 0.995. The highest BCUT2D eigenvalue weighted by Gasteiger charge is 2.21. The number of carbonyl (C=O) groups excluding carboxylic acids is 1. The number of carbonyl (C=O) groups is 1. The highest BCUT2D eigenvalue weighted by Crippen LogP contribution is 2.26. The minimum Gasteiger partial charge on any atom is -0.496 e. The van der Waals surface area contributed by atoms with Crippen molar-refractivity contribution in [1.29, 1.82) is 0 Å². The van der Waals surface area contributed by atoms with Gasteiger partial charge in [-0.25, -0.2) is 4.98 Å². The van der Waals surface area contributed by atoms with Crippen LogP contribution in [0.1, 0.15) is 34.6 Å². The van der Waals surface area contributed by atoms with Crippen molar-refractivity contribution in [2.45, 2.75) is 44.5 Å². The third kappa shape index (κ3) is 4.07. The fraction of sp³-hybridized carbons (Fsp3) is 0.474. The third-order valence-electron chi connectivity index (χ3n) is 4.57. The van der Waals surface area contributed by atoms with Crippen LogP contribution in [0.3, 0.4) is 0 Å². The van der Waals surface area contributed by atoms with E-state index >= 15 is 0 Å². The number of rotatable bonds is 7. The van der Waals surface area contributed by atoms with Gasteiger partial charge in [-0.2, -0.15) is 0 Å². The number of para-hydroxylation sites is 1. The van der Waals surface area contributed by atoms with Crippen molar-refractivity contribution in [3.63, 3.8) is 0 Å². The second-order valence-electron chi connectivity index (χ2n) is 6.22. The van der Waals surface area contributed by atoms with Crippen molar-refractivity contribution in [2.24, 2.45) is 0 Å². The standard InChI is InChI=1S/C19H24N2O3S/c1-13-14(2)21(11-15-7-6-10-24-15)19(20-13)25-12-17(22)16-8-4-5-9-18(16)23-3/h4-5,8-9,15H,6-7,10-12H2,1-3H3/t15-/m1/s1. The Hall–Kier alpha value is -1.79. The van der Waals surface area contributed by atoms with Crippen LogP contribution in [-0.4, -0.2) is 40.9 Å². The van der Waals surface area contributed by atoms with E-state index in [1.54, 1.807) is 13.2 Å². The summed E-state index contributed by atoms with van der Waals surface area (Å²) in [6.45, 7) is 5.72. The van der Waals surface area contributed by atoms with Gasteiger partial charge in [0.1, 0.15) is 5.75 Å². The van der Waals surface area contributed by atoms with E-state index in [-0.39, 0.29) is 11.9 Å². The average Bonchev–Trinajstić information content (AvgIpc) is 3.23. The van der Waals surface area contributed by atoms with Gasteiger partial charge in [-0.3, -0.25) is 4.79 Å². The number of Topliss-reactive ketones (excluding diaryl/α,β-unsaturated/α-hetero) is 1. The molecule has 5 nitrogen and oxygen atoms in total. The Labute approximate surface area is 152 Å². The first-order valence-electron chi connectivity index (χ1n) is 8.54. The summed E-state index contributed by atoms with van der Waals surface area (Å²) in [6.07, 6.45) is 2.45. The van der Waals surface area contributed by atoms with Gasteiger partial charge in [0.2, 0.25) is 0 Å². The molecule has 0 bridgehead atoms. The molecule has 0 saturated carbocycles. The molecule has 0 radical (unpaired) electrons. The van der Waals surface area contributed by atoms with Crippen molar-refractivity contribution in [1.82, 2.24) is 9.55 Å². The molecule has 25 heavy (non-hydrogen) atoms. The molecule has 0 aliphatic carbocycles. The van der Waals surface area contributed by atoms with E-state index in [1.807, 2.05) is 25.1 Å². The summed E-state index contributed by atoms with van der Waals surface area (Å²) in [7, 11) is 1.58. The first-order valence-corrected chi connectivity index (χ1v) is 9.53. The summed E-state index contributed by atoms with van der Waals surface area (Å²) < 4.78 is 13.2. The number of hydrogen-bond acceptors (Lipinski definition) is 5. The lowest BCUT2D eigenvalue weighted by molar-refractivity contribution is 0.0945. The molecular weight excluding hydrogens is 336 g/mol. The van der Waals surface area contributed by atoms with Gasteiger partial charge in [0.25, 0.3) is 0 Å². The Balaban J connectivity index is 1.72. The second-order valence-corrected chi connectivity index (χ2v) is 7.17. The average molecular weight is 360 g/mol. The monoisotopic (exact) mass is 360 g/mol. The van der Waals surface area contributed by atoms with Crippen LogP contribution >= 0.6 is 11.8 Å². The number of imidazole rings is 1. The van der Waals surface area contributed by atoms with Crippen LogP contribution in [-0.2, 0) is 11.3 Å². The van der Waals surface area contributed by atoms with Gasteiger partial charge in [0.15, 0.2) is 10.9 Å². The number of ketones is 1. The van der Waals surface area contributed by atoms with E-state index in [9.17, 15) is 4.79 Å². The van der Waals surface area contributed by atoms with Crippen molar-refractivity contribution in [3.05, 3.63) is 41.2 Å². The predicted octanol–water partition coefficient (Wildman–Crippen LogP) is 3.66. The minimum absolute atomic E-state index is 0.0458. The smallest absolute Gasteiger partial charge is 0.176 e. The molecule has 1 saturated heterocycles. The molecule has 3 rings (SSSR count). The Morgan fingerprint density at radius 2 is 2.20 bits per heavy atom. The number of aryl methyl sites for hydroxylation is 1. The van der Waals surface area contributed by atoms with Gasteiger partial charge in [-0.05, 0) is 38.8 Å². The van der Waals surface area contributed by atoms with Crippen LogP contribution in [0, 0.1) is 13.8 Å².